The lowest BCUT2D eigenvalue weighted by Crippen LogP contribution is -2.64. The molecule has 64 heavy (non-hydrogen) atoms. The Bertz CT molecular complexity index is 1330. The second kappa shape index (κ2) is 41.0. The number of rotatable bonds is 41. The average molecular weight is 925 g/mol. The number of hydrogen-bond donors (Lipinski definition) is 6. The van der Waals surface area contributed by atoms with E-state index in [-0.39, 0.29) is 13.0 Å². The number of unbranched alkanes of at least 4 members (excludes halogenated alkanes) is 17. The van der Waals surface area contributed by atoms with Gasteiger partial charge in [-0.3, -0.25) is 13.8 Å². The Hall–Kier alpha value is -2.22. The number of carbonyl (C=O) groups excluding carboxylic acids is 1. The van der Waals surface area contributed by atoms with Crippen LogP contribution in [-0.4, -0.2) is 98.9 Å². The average Bonchev–Trinajstić information content (AvgIpc) is 3.28. The SMILES string of the molecule is CC/C=C\C/C=C\C/C=C\C/C=C\C/C=C\CCCCOCC(COP(=O)(O)OC1C(O)C(O)C(O)C(O)C1O)OC(=O)CCCCCCCCCCC/C=C\CCCCCCCC. The molecule has 6 atom stereocenters. The van der Waals surface area contributed by atoms with Crippen LogP contribution < -0.4 is 0 Å². The predicted octanol–water partition coefficient (Wildman–Crippen LogP) is 10.8. The number of allylic oxidation sites excluding steroid dienone is 12. The highest BCUT2D eigenvalue weighted by atomic mass is 31.2. The standard InChI is InChI=1S/C51H89O12P/c1-3-5-7-9-11-13-15-17-19-21-23-24-26-28-30-32-34-36-38-40-45(52)62-44(43-61-64(58,59)63-51-49(56)47(54)46(53)48(55)50(51)57)42-60-41-39-37-35-33-31-29-27-25-22-20-18-16-14-12-10-8-6-4-2/h6,8,12,14,17-20,25,27,31,33,44,46-51,53-57H,3-5,7,9-11,13,15-16,21-24,26,28-30,32,34-43H2,1-2H3,(H,58,59)/b8-6-,14-12-,19-17-,20-18-,27-25-,33-31-. The Morgan fingerprint density at radius 3 is 1.42 bits per heavy atom. The molecule has 6 unspecified atom stereocenters. The zero-order valence-electron chi connectivity index (χ0n) is 39.6. The van der Waals surface area contributed by atoms with Crippen molar-refractivity contribution in [3.63, 3.8) is 0 Å². The van der Waals surface area contributed by atoms with E-state index in [0.29, 0.717) is 13.0 Å². The fourth-order valence-electron chi connectivity index (χ4n) is 7.14. The Labute approximate surface area is 387 Å². The number of ether oxygens (including phenoxy) is 2. The van der Waals surface area contributed by atoms with Gasteiger partial charge in [0.2, 0.25) is 0 Å². The third-order valence-electron chi connectivity index (χ3n) is 11.1. The highest BCUT2D eigenvalue weighted by Crippen LogP contribution is 2.47. The number of aliphatic hydroxyl groups is 5. The van der Waals surface area contributed by atoms with Crippen LogP contribution in [0.3, 0.4) is 0 Å². The van der Waals surface area contributed by atoms with Gasteiger partial charge in [0.05, 0.1) is 13.2 Å². The molecule has 0 bridgehead atoms. The zero-order valence-corrected chi connectivity index (χ0v) is 40.5. The van der Waals surface area contributed by atoms with Gasteiger partial charge in [0, 0.05) is 13.0 Å². The Morgan fingerprint density at radius 2 is 0.922 bits per heavy atom. The van der Waals surface area contributed by atoms with Gasteiger partial charge in [0.1, 0.15) is 42.7 Å². The lowest BCUT2D eigenvalue weighted by atomic mass is 9.85. The van der Waals surface area contributed by atoms with Crippen molar-refractivity contribution in [2.45, 2.75) is 224 Å². The van der Waals surface area contributed by atoms with Crippen molar-refractivity contribution in [2.24, 2.45) is 0 Å². The minimum Gasteiger partial charge on any atom is -0.457 e. The molecule has 0 aromatic rings. The van der Waals surface area contributed by atoms with Crippen molar-refractivity contribution < 1.29 is 58.3 Å². The number of carbonyl (C=O) groups is 1. The topological polar surface area (TPSA) is 192 Å². The lowest BCUT2D eigenvalue weighted by Gasteiger charge is -2.41. The maximum absolute atomic E-state index is 12.8. The van der Waals surface area contributed by atoms with Crippen LogP contribution in [0.1, 0.15) is 181 Å². The molecular weight excluding hydrogens is 836 g/mol. The van der Waals surface area contributed by atoms with Gasteiger partial charge in [-0.25, -0.2) is 4.57 Å². The van der Waals surface area contributed by atoms with Gasteiger partial charge < -0.3 is 39.9 Å². The van der Waals surface area contributed by atoms with E-state index < -0.39 is 63.1 Å². The zero-order chi connectivity index (χ0) is 46.9. The first kappa shape index (κ1) is 59.8. The van der Waals surface area contributed by atoms with Crippen LogP contribution in [-0.2, 0) is 27.9 Å². The monoisotopic (exact) mass is 925 g/mol. The van der Waals surface area contributed by atoms with E-state index in [2.05, 4.69) is 86.8 Å². The fraction of sp³-hybridized carbons (Fsp3) is 0.745. The third kappa shape index (κ3) is 32.5. The first-order valence-corrected chi connectivity index (χ1v) is 26.3. The molecule has 0 spiro atoms. The lowest BCUT2D eigenvalue weighted by molar-refractivity contribution is -0.220. The third-order valence-corrected chi connectivity index (χ3v) is 12.0. The van der Waals surface area contributed by atoms with Crippen LogP contribution in [0.5, 0.6) is 0 Å². The second-order valence-corrected chi connectivity index (χ2v) is 18.3. The maximum atomic E-state index is 12.8. The quantitative estimate of drug-likeness (QED) is 0.0147. The molecule has 13 heteroatoms. The number of esters is 1. The maximum Gasteiger partial charge on any atom is 0.472 e. The van der Waals surface area contributed by atoms with Crippen molar-refractivity contribution in [2.75, 3.05) is 19.8 Å². The molecule has 0 aromatic carbocycles. The summed E-state index contributed by atoms with van der Waals surface area (Å²) in [7, 11) is -5.04. The summed E-state index contributed by atoms with van der Waals surface area (Å²) in [5, 5.41) is 50.3. The minimum absolute atomic E-state index is 0.110. The van der Waals surface area contributed by atoms with Crippen LogP contribution in [0.2, 0.25) is 0 Å². The van der Waals surface area contributed by atoms with Crippen molar-refractivity contribution >= 4 is 13.8 Å². The molecule has 1 fully saturated rings. The van der Waals surface area contributed by atoms with Gasteiger partial charge in [0.15, 0.2) is 0 Å². The fourth-order valence-corrected chi connectivity index (χ4v) is 8.11. The molecule has 0 aromatic heterocycles. The Morgan fingerprint density at radius 1 is 0.516 bits per heavy atom. The van der Waals surface area contributed by atoms with Crippen molar-refractivity contribution in [3.05, 3.63) is 72.9 Å². The molecule has 0 saturated heterocycles. The number of hydrogen-bond acceptors (Lipinski definition) is 11. The summed E-state index contributed by atoms with van der Waals surface area (Å²) in [6.07, 6.45) is 41.1. The summed E-state index contributed by atoms with van der Waals surface area (Å²) in [6.45, 7) is 4.04. The van der Waals surface area contributed by atoms with Crippen molar-refractivity contribution in [1.82, 2.24) is 0 Å². The molecule has 1 saturated carbocycles. The largest absolute Gasteiger partial charge is 0.472 e. The summed E-state index contributed by atoms with van der Waals surface area (Å²) >= 11 is 0. The van der Waals surface area contributed by atoms with Gasteiger partial charge in [-0.15, -0.1) is 0 Å². The van der Waals surface area contributed by atoms with Crippen LogP contribution >= 0.6 is 7.82 Å². The van der Waals surface area contributed by atoms with E-state index >= 15 is 0 Å². The molecule has 0 heterocycles. The molecule has 0 radical (unpaired) electrons. The van der Waals surface area contributed by atoms with E-state index in [4.69, 9.17) is 18.5 Å². The van der Waals surface area contributed by atoms with Gasteiger partial charge >= 0.3 is 13.8 Å². The van der Waals surface area contributed by atoms with Crippen LogP contribution in [0, 0.1) is 0 Å². The van der Waals surface area contributed by atoms with E-state index in [1.165, 1.54) is 83.5 Å². The van der Waals surface area contributed by atoms with Gasteiger partial charge in [0.25, 0.3) is 0 Å². The highest BCUT2D eigenvalue weighted by Gasteiger charge is 2.51. The predicted molar refractivity (Wildman–Crippen MR) is 258 cm³/mol. The molecular formula is C51H89O12P. The summed E-state index contributed by atoms with van der Waals surface area (Å²) in [5.41, 5.74) is 0. The van der Waals surface area contributed by atoms with Crippen molar-refractivity contribution in [3.8, 4) is 0 Å². The summed E-state index contributed by atoms with van der Waals surface area (Å²) < 4.78 is 34.2. The summed E-state index contributed by atoms with van der Waals surface area (Å²) in [6, 6.07) is 0. The van der Waals surface area contributed by atoms with E-state index in [1.54, 1.807) is 0 Å². The molecule has 1 aliphatic carbocycles. The first-order chi connectivity index (χ1) is 31.0. The normalized spacial score (nSPS) is 22.3. The van der Waals surface area contributed by atoms with Crippen LogP contribution in [0.4, 0.5) is 0 Å². The summed E-state index contributed by atoms with van der Waals surface area (Å²) in [4.78, 5) is 23.2. The first-order valence-electron chi connectivity index (χ1n) is 24.8. The molecule has 6 N–H and O–H groups in total. The molecule has 1 rings (SSSR count). The van der Waals surface area contributed by atoms with E-state index in [0.717, 1.165) is 70.6 Å². The summed E-state index contributed by atoms with van der Waals surface area (Å²) in [5.74, 6) is -0.497. The smallest absolute Gasteiger partial charge is 0.457 e. The molecule has 0 amide bonds. The van der Waals surface area contributed by atoms with Crippen LogP contribution in [0.15, 0.2) is 72.9 Å². The van der Waals surface area contributed by atoms with E-state index in [9.17, 15) is 39.8 Å². The van der Waals surface area contributed by atoms with Crippen molar-refractivity contribution in [1.29, 1.82) is 0 Å². The molecule has 370 valence electrons. The number of phosphoric ester groups is 1. The Kier molecular flexibility index (Phi) is 38.3. The second-order valence-electron chi connectivity index (χ2n) is 16.9. The van der Waals surface area contributed by atoms with E-state index in [1.807, 2.05) is 0 Å². The number of phosphoric acid groups is 1. The van der Waals surface area contributed by atoms with Crippen LogP contribution in [0.25, 0.3) is 0 Å². The van der Waals surface area contributed by atoms with Gasteiger partial charge in [-0.2, -0.15) is 0 Å². The van der Waals surface area contributed by atoms with Gasteiger partial charge in [-0.05, 0) is 83.5 Å². The molecule has 0 aliphatic heterocycles. The Balaban J connectivity index is 2.40. The van der Waals surface area contributed by atoms with Gasteiger partial charge in [-0.1, -0.05) is 164 Å². The minimum atomic E-state index is -5.04. The number of aliphatic hydroxyl groups excluding tert-OH is 5. The highest BCUT2D eigenvalue weighted by molar-refractivity contribution is 7.47. The molecule has 12 nitrogen and oxygen atoms in total. The molecule has 1 aliphatic rings.